The molecule has 7 rings (SSSR count). The van der Waals surface area contributed by atoms with E-state index in [-0.39, 0.29) is 57.1 Å². The maximum atomic E-state index is 17.3. The molecule has 1 heterocycles. The lowest BCUT2D eigenvalue weighted by Crippen LogP contribution is -2.67. The van der Waals surface area contributed by atoms with Gasteiger partial charge in [0, 0.05) is 47.3 Å². The molecule has 0 radical (unpaired) electrons. The Labute approximate surface area is 356 Å². The molecule has 1 unspecified atom stereocenters. The smallest absolute Gasteiger partial charge is 0.332 e. The number of benzene rings is 2. The van der Waals surface area contributed by atoms with Crippen molar-refractivity contribution in [2.24, 2.45) is 34.8 Å². The number of pyridine rings is 1. The van der Waals surface area contributed by atoms with Crippen molar-refractivity contribution in [3.8, 4) is 0 Å². The van der Waals surface area contributed by atoms with Gasteiger partial charge in [0.05, 0.1) is 25.2 Å². The number of rotatable bonds is 16. The number of ether oxygens (including phenoxy) is 4. The van der Waals surface area contributed by atoms with Gasteiger partial charge in [0.1, 0.15) is 31.6 Å². The molecule has 0 bridgehead atoms. The summed E-state index contributed by atoms with van der Waals surface area (Å²) in [5, 5.41) is 28.0. The van der Waals surface area contributed by atoms with E-state index in [1.807, 2.05) is 18.2 Å². The van der Waals surface area contributed by atoms with E-state index in [0.29, 0.717) is 16.8 Å². The number of fused-ring (bicyclic) bond motifs is 6. The van der Waals surface area contributed by atoms with Gasteiger partial charge in [0.2, 0.25) is 11.7 Å². The van der Waals surface area contributed by atoms with Crippen molar-refractivity contribution in [1.29, 1.82) is 0 Å². The molecule has 3 saturated carbocycles. The first kappa shape index (κ1) is 44.8. The quantitative estimate of drug-likeness (QED) is 0.119. The fraction of sp³-hybridized carbons (Fsp3) is 0.478. The molecule has 3 fully saturated rings. The Morgan fingerprint density at radius 1 is 0.952 bits per heavy atom. The van der Waals surface area contributed by atoms with Crippen LogP contribution in [0.4, 0.5) is 14.5 Å². The van der Waals surface area contributed by atoms with Crippen LogP contribution in [0.25, 0.3) is 10.8 Å². The number of aromatic nitrogens is 1. The lowest BCUT2D eigenvalue weighted by Gasteiger charge is -2.60. The number of Topliss-reactive ketones (excluding diaryl/α,β-unsaturated/α-hetero) is 1. The number of allylic oxidation sites excluding steroid dienone is 4. The number of alkyl halides is 2. The van der Waals surface area contributed by atoms with Crippen molar-refractivity contribution < 1.29 is 61.9 Å². The van der Waals surface area contributed by atoms with Crippen molar-refractivity contribution >= 4 is 45.9 Å². The van der Waals surface area contributed by atoms with Gasteiger partial charge in [-0.05, 0) is 90.5 Å². The van der Waals surface area contributed by atoms with Gasteiger partial charge < -0.3 is 40.2 Å². The second-order valence-electron chi connectivity index (χ2n) is 16.9. The standard InChI is InChI=1S/C46H51F2N3O11/c1-26-15-33-35(19-39(53)46(48)36(33)18-38(47)37-17-32(52)9-11-44(37,46)2)45(26,58)40(54)23-62-42(56)25-60-14-13-59-24-41(55)61-22-27-3-5-28(6-4-27)34(20-49)43(57)51-31-8-7-30-21-50-12-10-29(30)16-31/h3-12,16-17,21,26,33-36,38-39,53,58H,13-15,18-20,22-25,49H2,1-2H3,(H,51,57)/t26-,33+,34+,35?,36-,38-,39-,44-,45+,46-/m0/s1. The van der Waals surface area contributed by atoms with E-state index in [0.717, 1.165) is 16.8 Å². The van der Waals surface area contributed by atoms with Crippen molar-refractivity contribution in [2.75, 3.05) is 44.9 Å². The lowest BCUT2D eigenvalue weighted by atomic mass is 9.47. The zero-order chi connectivity index (χ0) is 44.4. The van der Waals surface area contributed by atoms with E-state index in [1.165, 1.54) is 19.1 Å². The van der Waals surface area contributed by atoms with Crippen LogP contribution in [0.5, 0.6) is 0 Å². The van der Waals surface area contributed by atoms with Crippen LogP contribution in [0, 0.1) is 29.1 Å². The molecule has 1 amide bonds. The van der Waals surface area contributed by atoms with E-state index >= 15 is 8.78 Å². The number of esters is 2. The predicted octanol–water partition coefficient (Wildman–Crippen LogP) is 4.01. The summed E-state index contributed by atoms with van der Waals surface area (Å²) in [7, 11) is 0. The van der Waals surface area contributed by atoms with E-state index in [9.17, 15) is 34.2 Å². The number of nitrogens with two attached hydrogens (primary N) is 1. The van der Waals surface area contributed by atoms with Crippen molar-refractivity contribution in [1.82, 2.24) is 4.98 Å². The third kappa shape index (κ3) is 8.45. The maximum Gasteiger partial charge on any atom is 0.332 e. The molecule has 4 aliphatic rings. The van der Waals surface area contributed by atoms with Gasteiger partial charge in [0.15, 0.2) is 18.1 Å². The van der Waals surface area contributed by atoms with Crippen molar-refractivity contribution in [3.05, 3.63) is 95.9 Å². The molecular weight excluding hydrogens is 809 g/mol. The predicted molar refractivity (Wildman–Crippen MR) is 220 cm³/mol. The molecule has 1 aromatic heterocycles. The number of nitrogens with one attached hydrogen (secondary N) is 1. The monoisotopic (exact) mass is 859 g/mol. The first-order valence-electron chi connectivity index (χ1n) is 20.7. The van der Waals surface area contributed by atoms with Crippen molar-refractivity contribution in [2.45, 2.75) is 69.2 Å². The van der Waals surface area contributed by atoms with E-state index in [1.54, 1.807) is 49.6 Å². The Morgan fingerprint density at radius 2 is 1.66 bits per heavy atom. The Kier molecular flexibility index (Phi) is 13.2. The highest BCUT2D eigenvalue weighted by molar-refractivity contribution is 6.01. The average molecular weight is 860 g/mol. The van der Waals surface area contributed by atoms with Crippen LogP contribution in [0.3, 0.4) is 0 Å². The van der Waals surface area contributed by atoms with Gasteiger partial charge in [-0.1, -0.05) is 43.3 Å². The summed E-state index contributed by atoms with van der Waals surface area (Å²) in [5.41, 5.74) is 1.96. The number of hydrogen-bond acceptors (Lipinski definition) is 13. The normalized spacial score (nSPS) is 30.4. The lowest BCUT2D eigenvalue weighted by molar-refractivity contribution is -0.197. The molecule has 10 atom stereocenters. The third-order valence-electron chi connectivity index (χ3n) is 13.4. The number of anilines is 1. The number of amides is 1. The minimum Gasteiger partial charge on any atom is -0.459 e. The molecule has 0 spiro atoms. The van der Waals surface area contributed by atoms with Gasteiger partial charge in [-0.25, -0.2) is 18.4 Å². The van der Waals surface area contributed by atoms with Crippen LogP contribution in [0.15, 0.2) is 84.7 Å². The topological polar surface area (TPSA) is 214 Å². The summed E-state index contributed by atoms with van der Waals surface area (Å²) in [4.78, 5) is 67.4. The first-order chi connectivity index (χ1) is 29.6. The van der Waals surface area contributed by atoms with Crippen LogP contribution in [0.2, 0.25) is 0 Å². The van der Waals surface area contributed by atoms with E-state index in [4.69, 9.17) is 24.7 Å². The number of hydrogen-bond donors (Lipinski definition) is 4. The van der Waals surface area contributed by atoms with Crippen LogP contribution in [-0.4, -0.2) is 108 Å². The zero-order valence-corrected chi connectivity index (χ0v) is 34.5. The van der Waals surface area contributed by atoms with Gasteiger partial charge in [-0.2, -0.15) is 0 Å². The zero-order valence-electron chi connectivity index (χ0n) is 34.5. The number of aliphatic hydroxyl groups is 2. The molecule has 0 aliphatic heterocycles. The van der Waals surface area contributed by atoms with Gasteiger partial charge in [0.25, 0.3) is 0 Å². The molecule has 330 valence electrons. The van der Waals surface area contributed by atoms with Crippen LogP contribution in [0.1, 0.15) is 50.2 Å². The molecule has 14 nitrogen and oxygen atoms in total. The Bertz CT molecular complexity index is 2270. The second kappa shape index (κ2) is 18.2. The minimum absolute atomic E-state index is 0.0177. The number of aliphatic hydroxyl groups excluding tert-OH is 1. The molecular formula is C46H51F2N3O11. The van der Waals surface area contributed by atoms with Gasteiger partial charge in [-0.15, -0.1) is 0 Å². The number of carbonyl (C=O) groups is 5. The first-order valence-corrected chi connectivity index (χ1v) is 20.7. The molecule has 0 saturated heterocycles. The molecule has 16 heteroatoms. The highest BCUT2D eigenvalue weighted by Gasteiger charge is 2.72. The van der Waals surface area contributed by atoms with Crippen LogP contribution >= 0.6 is 0 Å². The summed E-state index contributed by atoms with van der Waals surface area (Å²) in [6, 6.07) is 14.3. The van der Waals surface area contributed by atoms with E-state index in [2.05, 4.69) is 10.3 Å². The molecule has 62 heavy (non-hydrogen) atoms. The average Bonchev–Trinajstić information content (AvgIpc) is 3.51. The fourth-order valence-corrected chi connectivity index (χ4v) is 10.2. The fourth-order valence-electron chi connectivity index (χ4n) is 10.2. The summed E-state index contributed by atoms with van der Waals surface area (Å²) >= 11 is 0. The van der Waals surface area contributed by atoms with Crippen LogP contribution in [-0.2, 0) is 49.5 Å². The molecule has 2 aromatic carbocycles. The molecule has 4 aliphatic carbocycles. The maximum absolute atomic E-state index is 17.3. The summed E-state index contributed by atoms with van der Waals surface area (Å²) < 4.78 is 53.8. The second-order valence-corrected chi connectivity index (χ2v) is 16.9. The SMILES string of the molecule is C[C@H]1C[C@@H]2C(C[C@H](O)[C@@]3(F)[C@H]2C[C@H](F)C2=CC(=O)C=C[C@@]23C)[C@@]1(O)C(=O)COC(=O)COCCOCC(=O)OCc1ccc([C@@H](CN)C(=O)Nc2ccc3cnccc3c2)cc1. The Morgan fingerprint density at radius 3 is 2.37 bits per heavy atom. The van der Waals surface area contributed by atoms with Gasteiger partial charge >= 0.3 is 11.9 Å². The largest absolute Gasteiger partial charge is 0.459 e. The van der Waals surface area contributed by atoms with Crippen LogP contribution < -0.4 is 11.1 Å². The third-order valence-corrected chi connectivity index (χ3v) is 13.4. The number of ketones is 2. The Balaban J connectivity index is 0.799. The summed E-state index contributed by atoms with van der Waals surface area (Å²) in [6.45, 7) is 1.21. The summed E-state index contributed by atoms with van der Waals surface area (Å²) in [6.07, 6.45) is 3.29. The highest BCUT2D eigenvalue weighted by atomic mass is 19.1. The summed E-state index contributed by atoms with van der Waals surface area (Å²) in [5.74, 6) is -7.02. The molecule has 3 aromatic rings. The Hall–Kier alpha value is -5.26. The number of carbonyl (C=O) groups excluding carboxylic acids is 5. The van der Waals surface area contributed by atoms with Gasteiger partial charge in [-0.3, -0.25) is 19.4 Å². The molecule has 5 N–H and O–H groups in total. The van der Waals surface area contributed by atoms with Crippen molar-refractivity contribution in [3.63, 3.8) is 0 Å². The van der Waals surface area contributed by atoms with E-state index < -0.39 is 102 Å². The number of halogens is 2. The number of nitrogens with zero attached hydrogens (tertiary/aromatic N) is 1. The minimum atomic E-state index is -2.34. The highest BCUT2D eigenvalue weighted by Crippen LogP contribution is 2.67.